The second-order valence-corrected chi connectivity index (χ2v) is 7.37. The van der Waals surface area contributed by atoms with Gasteiger partial charge < -0.3 is 10.6 Å². The number of benzene rings is 3. The zero-order valence-corrected chi connectivity index (χ0v) is 18.2. The van der Waals surface area contributed by atoms with E-state index < -0.39 is 0 Å². The summed E-state index contributed by atoms with van der Waals surface area (Å²) in [6, 6.07) is 22.1. The van der Waals surface area contributed by atoms with Crippen LogP contribution in [0.15, 0.2) is 85.1 Å². The van der Waals surface area contributed by atoms with Crippen molar-refractivity contribution in [3.05, 3.63) is 95.7 Å². The van der Waals surface area contributed by atoms with Crippen molar-refractivity contribution in [2.75, 3.05) is 17.3 Å². The SMILES string of the molecule is CNC(=O)/C=C\N(C=O)c1cccc(NC(=O)Cc2cccc(-c3cccc(Cl)c3)c2)c1. The highest BCUT2D eigenvalue weighted by atomic mass is 35.5. The molecule has 0 saturated carbocycles. The Hall–Kier alpha value is -3.90. The molecular formula is C25H22ClN3O3. The van der Waals surface area contributed by atoms with Gasteiger partial charge in [-0.25, -0.2) is 0 Å². The molecule has 0 spiro atoms. The minimum atomic E-state index is -0.332. The van der Waals surface area contributed by atoms with Crippen molar-refractivity contribution in [3.63, 3.8) is 0 Å². The van der Waals surface area contributed by atoms with E-state index >= 15 is 0 Å². The molecule has 0 saturated heterocycles. The fourth-order valence-corrected chi connectivity index (χ4v) is 3.27. The second kappa shape index (κ2) is 10.9. The summed E-state index contributed by atoms with van der Waals surface area (Å²) in [7, 11) is 1.50. The number of likely N-dealkylation sites (N-methyl/N-ethyl adjacent to an activating group) is 1. The molecule has 0 unspecified atom stereocenters. The fourth-order valence-electron chi connectivity index (χ4n) is 3.08. The number of hydrogen-bond donors (Lipinski definition) is 2. The summed E-state index contributed by atoms with van der Waals surface area (Å²) in [5, 5.41) is 5.94. The highest BCUT2D eigenvalue weighted by Crippen LogP contribution is 2.24. The van der Waals surface area contributed by atoms with E-state index in [0.717, 1.165) is 16.7 Å². The van der Waals surface area contributed by atoms with E-state index in [4.69, 9.17) is 11.6 Å². The maximum Gasteiger partial charge on any atom is 0.245 e. The molecule has 7 heteroatoms. The van der Waals surface area contributed by atoms with Crippen LogP contribution in [0.25, 0.3) is 11.1 Å². The number of anilines is 2. The van der Waals surface area contributed by atoms with Crippen LogP contribution in [0.3, 0.4) is 0 Å². The number of nitrogens with one attached hydrogen (secondary N) is 2. The van der Waals surface area contributed by atoms with Crippen LogP contribution in [0.4, 0.5) is 11.4 Å². The summed E-state index contributed by atoms with van der Waals surface area (Å²) in [6.07, 6.45) is 3.37. The summed E-state index contributed by atoms with van der Waals surface area (Å²) in [5.41, 5.74) is 3.87. The average Bonchev–Trinajstić information content (AvgIpc) is 2.79. The molecule has 0 heterocycles. The maximum atomic E-state index is 12.6. The van der Waals surface area contributed by atoms with Gasteiger partial charge in [-0.1, -0.05) is 54.1 Å². The first kappa shape index (κ1) is 22.8. The molecule has 0 bridgehead atoms. The quantitative estimate of drug-likeness (QED) is 0.396. The Morgan fingerprint density at radius 3 is 2.41 bits per heavy atom. The Morgan fingerprint density at radius 2 is 1.69 bits per heavy atom. The van der Waals surface area contributed by atoms with Crippen LogP contribution in [-0.4, -0.2) is 25.3 Å². The first-order valence-electron chi connectivity index (χ1n) is 9.87. The lowest BCUT2D eigenvalue weighted by atomic mass is 10.0. The van der Waals surface area contributed by atoms with E-state index in [1.54, 1.807) is 24.3 Å². The molecular weight excluding hydrogens is 426 g/mol. The third kappa shape index (κ3) is 6.30. The Bertz CT molecular complexity index is 1160. The first-order valence-corrected chi connectivity index (χ1v) is 10.2. The van der Waals surface area contributed by atoms with Gasteiger partial charge in [0.15, 0.2) is 0 Å². The highest BCUT2D eigenvalue weighted by Gasteiger charge is 2.08. The molecule has 0 aliphatic heterocycles. The largest absolute Gasteiger partial charge is 0.356 e. The number of hydrogen-bond acceptors (Lipinski definition) is 3. The van der Waals surface area contributed by atoms with Crippen LogP contribution in [0.2, 0.25) is 5.02 Å². The van der Waals surface area contributed by atoms with Crippen LogP contribution < -0.4 is 15.5 Å². The smallest absolute Gasteiger partial charge is 0.245 e. The summed E-state index contributed by atoms with van der Waals surface area (Å²) in [4.78, 5) is 36.6. The van der Waals surface area contributed by atoms with E-state index in [9.17, 15) is 14.4 Å². The minimum Gasteiger partial charge on any atom is -0.356 e. The molecule has 2 N–H and O–H groups in total. The Kier molecular flexibility index (Phi) is 7.78. The number of carbonyl (C=O) groups is 3. The summed E-state index contributed by atoms with van der Waals surface area (Å²) >= 11 is 6.08. The van der Waals surface area contributed by atoms with Gasteiger partial charge in [-0.2, -0.15) is 0 Å². The lowest BCUT2D eigenvalue weighted by Crippen LogP contribution is -2.19. The first-order chi connectivity index (χ1) is 15.5. The molecule has 3 aromatic rings. The Morgan fingerprint density at radius 1 is 0.969 bits per heavy atom. The van der Waals surface area contributed by atoms with Crippen molar-refractivity contribution in [2.45, 2.75) is 6.42 Å². The van der Waals surface area contributed by atoms with Gasteiger partial charge in [-0.05, 0) is 47.0 Å². The zero-order valence-electron chi connectivity index (χ0n) is 17.4. The van der Waals surface area contributed by atoms with Gasteiger partial charge in [0.05, 0.1) is 12.1 Å². The average molecular weight is 448 g/mol. The topological polar surface area (TPSA) is 78.5 Å². The third-order valence-corrected chi connectivity index (χ3v) is 4.86. The third-order valence-electron chi connectivity index (χ3n) is 4.62. The van der Waals surface area contributed by atoms with Crippen molar-refractivity contribution in [2.24, 2.45) is 0 Å². The van der Waals surface area contributed by atoms with Gasteiger partial charge in [0.25, 0.3) is 0 Å². The summed E-state index contributed by atoms with van der Waals surface area (Å²) < 4.78 is 0. The molecule has 6 nitrogen and oxygen atoms in total. The molecule has 0 aliphatic rings. The molecule has 162 valence electrons. The number of halogens is 1. The van der Waals surface area contributed by atoms with Crippen molar-refractivity contribution in [3.8, 4) is 11.1 Å². The molecule has 0 radical (unpaired) electrons. The lowest BCUT2D eigenvalue weighted by Gasteiger charge is -2.14. The molecule has 0 aliphatic carbocycles. The van der Waals surface area contributed by atoms with Crippen molar-refractivity contribution >= 4 is 41.2 Å². The van der Waals surface area contributed by atoms with Gasteiger partial charge in [0.1, 0.15) is 0 Å². The molecule has 0 atom stereocenters. The van der Waals surface area contributed by atoms with E-state index in [1.807, 2.05) is 48.5 Å². The second-order valence-electron chi connectivity index (χ2n) is 6.93. The Balaban J connectivity index is 1.70. The zero-order chi connectivity index (χ0) is 22.9. The van der Waals surface area contributed by atoms with Crippen molar-refractivity contribution in [1.29, 1.82) is 0 Å². The summed E-state index contributed by atoms with van der Waals surface area (Å²) in [5.74, 6) is -0.523. The van der Waals surface area contributed by atoms with Crippen molar-refractivity contribution < 1.29 is 14.4 Å². The predicted molar refractivity (Wildman–Crippen MR) is 127 cm³/mol. The van der Waals surface area contributed by atoms with Crippen LogP contribution in [0.1, 0.15) is 5.56 Å². The number of carbonyl (C=O) groups excluding carboxylic acids is 3. The number of rotatable bonds is 8. The highest BCUT2D eigenvalue weighted by molar-refractivity contribution is 6.30. The maximum absolute atomic E-state index is 12.6. The van der Waals surface area contributed by atoms with Gasteiger partial charge in [0.2, 0.25) is 18.2 Å². The van der Waals surface area contributed by atoms with Crippen LogP contribution in [-0.2, 0) is 20.8 Å². The molecule has 3 rings (SSSR count). The predicted octanol–water partition coefficient (Wildman–Crippen LogP) is 4.41. The van der Waals surface area contributed by atoms with E-state index in [1.165, 1.54) is 24.2 Å². The van der Waals surface area contributed by atoms with Gasteiger partial charge in [-0.15, -0.1) is 0 Å². The lowest BCUT2D eigenvalue weighted by molar-refractivity contribution is -0.116. The van der Waals surface area contributed by atoms with Crippen LogP contribution in [0, 0.1) is 0 Å². The van der Waals surface area contributed by atoms with E-state index in [-0.39, 0.29) is 18.2 Å². The molecule has 3 aromatic carbocycles. The van der Waals surface area contributed by atoms with E-state index in [2.05, 4.69) is 10.6 Å². The van der Waals surface area contributed by atoms with Crippen molar-refractivity contribution in [1.82, 2.24) is 5.32 Å². The number of amides is 3. The number of nitrogens with zero attached hydrogens (tertiary/aromatic N) is 1. The van der Waals surface area contributed by atoms with Gasteiger partial charge >= 0.3 is 0 Å². The Labute approximate surface area is 191 Å². The monoisotopic (exact) mass is 447 g/mol. The molecule has 0 fully saturated rings. The van der Waals surface area contributed by atoms with Gasteiger partial charge in [-0.3, -0.25) is 19.3 Å². The minimum absolute atomic E-state index is 0.187. The van der Waals surface area contributed by atoms with Gasteiger partial charge in [0, 0.05) is 30.0 Å². The van der Waals surface area contributed by atoms with Crippen LogP contribution in [0.5, 0.6) is 0 Å². The standard InChI is InChI=1S/C25H22ClN3O3/c1-27-24(31)11-12-29(17-30)23-10-4-9-22(16-23)28-25(32)14-18-5-2-6-19(13-18)20-7-3-8-21(26)15-20/h2-13,15-17H,14H2,1H3,(H,27,31)(H,28,32)/b12-11-. The molecule has 0 aromatic heterocycles. The normalized spacial score (nSPS) is 10.6. The van der Waals surface area contributed by atoms with E-state index in [0.29, 0.717) is 22.8 Å². The van der Waals surface area contributed by atoms with Crippen LogP contribution >= 0.6 is 11.6 Å². The summed E-state index contributed by atoms with van der Waals surface area (Å²) in [6.45, 7) is 0. The fraction of sp³-hybridized carbons (Fsp3) is 0.0800. The molecule has 32 heavy (non-hydrogen) atoms. The molecule has 3 amide bonds.